The zero-order valence-electron chi connectivity index (χ0n) is 22.2. The molecule has 6 rings (SSSR count). The number of carbonyl (C=O) groups is 1. The fourth-order valence-corrected chi connectivity index (χ4v) is 6.82. The first kappa shape index (κ1) is 26.6. The second kappa shape index (κ2) is 9.81. The van der Waals surface area contributed by atoms with Crippen LogP contribution in [0.4, 0.5) is 20.3 Å². The number of hydrogen-bond acceptors (Lipinski definition) is 7. The predicted octanol–water partition coefficient (Wildman–Crippen LogP) is 4.90. The van der Waals surface area contributed by atoms with Crippen molar-refractivity contribution in [2.24, 2.45) is 0 Å². The smallest absolute Gasteiger partial charge is 0.235 e. The number of rotatable bonds is 6. The van der Waals surface area contributed by atoms with Crippen LogP contribution in [0.5, 0.6) is 11.6 Å². The third kappa shape index (κ3) is 4.63. The van der Waals surface area contributed by atoms with Gasteiger partial charge in [-0.25, -0.2) is 26.9 Å². The number of nitrogen functional groups attached to an aromatic ring is 1. The number of ether oxygens (including phenoxy) is 1. The van der Waals surface area contributed by atoms with Gasteiger partial charge in [-0.15, -0.1) is 0 Å². The van der Waals surface area contributed by atoms with E-state index in [2.05, 4.69) is 10.1 Å². The van der Waals surface area contributed by atoms with Gasteiger partial charge in [0.15, 0.2) is 17.4 Å². The number of anilines is 2. The monoisotopic (exact) mass is 577 g/mol. The summed E-state index contributed by atoms with van der Waals surface area (Å²) in [7, 11) is -3.33. The minimum Gasteiger partial charge on any atom is -0.433 e. The Kier molecular flexibility index (Phi) is 6.37. The van der Waals surface area contributed by atoms with E-state index in [0.717, 1.165) is 28.8 Å². The SMILES string of the molecule is Cc1cc2c(cc1N1CCCS1(=O)=O)CC(C(=O)c1cnn(-c3cnc(Oc4c(F)cccc4F)cc3C)c1N)=C2. The third-order valence-corrected chi connectivity index (χ3v) is 9.15. The number of hydrogen-bond donors (Lipinski definition) is 1. The Morgan fingerprint density at radius 3 is 2.46 bits per heavy atom. The van der Waals surface area contributed by atoms with Crippen molar-refractivity contribution in [3.05, 3.63) is 93.8 Å². The number of para-hydroxylation sites is 1. The number of pyridine rings is 1. The molecule has 3 heterocycles. The Morgan fingerprint density at radius 1 is 1.05 bits per heavy atom. The Balaban J connectivity index is 1.24. The van der Waals surface area contributed by atoms with E-state index in [1.54, 1.807) is 13.0 Å². The molecule has 2 aromatic carbocycles. The Morgan fingerprint density at radius 2 is 1.78 bits per heavy atom. The Bertz CT molecular complexity index is 1860. The molecular weight excluding hydrogens is 552 g/mol. The van der Waals surface area contributed by atoms with Gasteiger partial charge < -0.3 is 10.5 Å². The molecule has 210 valence electrons. The molecule has 0 unspecified atom stereocenters. The molecule has 0 saturated carbocycles. The maximum absolute atomic E-state index is 14.0. The fourth-order valence-electron chi connectivity index (χ4n) is 5.20. The van der Waals surface area contributed by atoms with Gasteiger partial charge in [-0.3, -0.25) is 9.10 Å². The van der Waals surface area contributed by atoms with Crippen molar-refractivity contribution in [3.8, 4) is 17.3 Å². The summed E-state index contributed by atoms with van der Waals surface area (Å²) in [6.45, 7) is 4.03. The molecule has 9 nitrogen and oxygen atoms in total. The molecule has 1 fully saturated rings. The number of nitrogens with zero attached hydrogens (tertiary/aromatic N) is 4. The van der Waals surface area contributed by atoms with E-state index in [1.807, 2.05) is 19.1 Å². The number of benzene rings is 2. The summed E-state index contributed by atoms with van der Waals surface area (Å²) in [6.07, 6.45) is 5.48. The number of sulfonamides is 1. The quantitative estimate of drug-likeness (QED) is 0.324. The van der Waals surface area contributed by atoms with Crippen LogP contribution in [0.25, 0.3) is 11.8 Å². The molecule has 4 aromatic rings. The number of carbonyl (C=O) groups excluding carboxylic acids is 1. The van der Waals surface area contributed by atoms with Gasteiger partial charge in [-0.1, -0.05) is 6.07 Å². The van der Waals surface area contributed by atoms with Crippen molar-refractivity contribution < 1.29 is 26.7 Å². The summed E-state index contributed by atoms with van der Waals surface area (Å²) < 4.78 is 61.1. The Labute approximate surface area is 234 Å². The number of aromatic nitrogens is 3. The van der Waals surface area contributed by atoms with Gasteiger partial charge in [0.05, 0.1) is 35.1 Å². The lowest BCUT2D eigenvalue weighted by Gasteiger charge is -2.20. The first-order chi connectivity index (χ1) is 19.5. The van der Waals surface area contributed by atoms with Gasteiger partial charge in [0, 0.05) is 24.6 Å². The molecule has 0 radical (unpaired) electrons. The maximum Gasteiger partial charge on any atom is 0.235 e. The lowest BCUT2D eigenvalue weighted by molar-refractivity contribution is 0.103. The number of ketones is 1. The second-order valence-electron chi connectivity index (χ2n) is 10.1. The summed E-state index contributed by atoms with van der Waals surface area (Å²) in [5, 5.41) is 4.30. The molecule has 0 atom stereocenters. The summed E-state index contributed by atoms with van der Waals surface area (Å²) in [5.41, 5.74) is 11.3. The summed E-state index contributed by atoms with van der Waals surface area (Å²) in [4.78, 5) is 17.6. The van der Waals surface area contributed by atoms with Crippen molar-refractivity contribution in [2.75, 3.05) is 22.3 Å². The highest BCUT2D eigenvalue weighted by molar-refractivity contribution is 7.93. The van der Waals surface area contributed by atoms with Crippen molar-refractivity contribution >= 4 is 33.4 Å². The van der Waals surface area contributed by atoms with Crippen LogP contribution in [-0.2, 0) is 16.4 Å². The maximum atomic E-state index is 14.0. The zero-order chi connectivity index (χ0) is 29.1. The normalized spacial score (nSPS) is 15.6. The molecule has 0 amide bonds. The topological polar surface area (TPSA) is 120 Å². The van der Waals surface area contributed by atoms with E-state index in [9.17, 15) is 22.0 Å². The van der Waals surface area contributed by atoms with Crippen LogP contribution in [0.2, 0.25) is 0 Å². The highest BCUT2D eigenvalue weighted by atomic mass is 32.2. The highest BCUT2D eigenvalue weighted by Crippen LogP contribution is 2.36. The number of Topliss-reactive ketones (excluding diaryl/α,β-unsaturated/α-hetero) is 1. The molecule has 2 N–H and O–H groups in total. The summed E-state index contributed by atoms with van der Waals surface area (Å²) >= 11 is 0. The lowest BCUT2D eigenvalue weighted by Crippen LogP contribution is -2.26. The standard InChI is InChI=1S/C29H25F2N5O4S/c1-16-9-18-11-20(12-19(18)13-24(16)35-7-4-8-41(35,38)39)27(37)21-14-34-36(29(21)32)25-15-33-26(10-17(25)2)40-28-22(30)5-3-6-23(28)31/h3,5-6,9-11,13-15H,4,7-8,12,32H2,1-2H3. The number of aryl methyl sites for hydroxylation is 2. The number of halogens is 2. The van der Waals surface area contributed by atoms with Crippen LogP contribution < -0.4 is 14.8 Å². The average Bonchev–Trinajstić information content (AvgIpc) is 3.61. The molecule has 2 aliphatic rings. The van der Waals surface area contributed by atoms with E-state index in [1.165, 1.54) is 33.5 Å². The van der Waals surface area contributed by atoms with Crippen molar-refractivity contribution in [2.45, 2.75) is 26.7 Å². The zero-order valence-corrected chi connectivity index (χ0v) is 23.0. The van der Waals surface area contributed by atoms with Crippen molar-refractivity contribution in [3.63, 3.8) is 0 Å². The summed E-state index contributed by atoms with van der Waals surface area (Å²) in [5.74, 6) is -2.36. The van der Waals surface area contributed by atoms with Crippen LogP contribution in [0, 0.1) is 25.5 Å². The van der Waals surface area contributed by atoms with Crippen LogP contribution in [0.1, 0.15) is 39.0 Å². The molecule has 0 spiro atoms. The molecule has 41 heavy (non-hydrogen) atoms. The van der Waals surface area contributed by atoms with Crippen molar-refractivity contribution in [1.29, 1.82) is 0 Å². The van der Waals surface area contributed by atoms with Crippen molar-refractivity contribution in [1.82, 2.24) is 14.8 Å². The van der Waals surface area contributed by atoms with E-state index in [0.29, 0.717) is 41.9 Å². The molecular formula is C29H25F2N5O4S. The average molecular weight is 578 g/mol. The van der Waals surface area contributed by atoms with Gasteiger partial charge >= 0.3 is 0 Å². The van der Waals surface area contributed by atoms with E-state index in [4.69, 9.17) is 10.5 Å². The summed E-state index contributed by atoms with van der Waals surface area (Å²) in [6, 6.07) is 8.64. The lowest BCUT2D eigenvalue weighted by atomic mass is 10.0. The number of fused-ring (bicyclic) bond motifs is 1. The first-order valence-corrected chi connectivity index (χ1v) is 14.5. The molecule has 1 saturated heterocycles. The molecule has 0 bridgehead atoms. The van der Waals surface area contributed by atoms with E-state index in [-0.39, 0.29) is 28.8 Å². The third-order valence-electron chi connectivity index (χ3n) is 7.29. The molecule has 1 aliphatic heterocycles. The van der Waals surface area contributed by atoms with Crippen LogP contribution in [0.3, 0.4) is 0 Å². The second-order valence-corrected chi connectivity index (χ2v) is 12.1. The van der Waals surface area contributed by atoms with Gasteiger partial charge in [-0.2, -0.15) is 5.10 Å². The van der Waals surface area contributed by atoms with E-state index >= 15 is 0 Å². The highest BCUT2D eigenvalue weighted by Gasteiger charge is 2.31. The fraction of sp³-hybridized carbons (Fsp3) is 0.207. The largest absolute Gasteiger partial charge is 0.433 e. The van der Waals surface area contributed by atoms with Gasteiger partial charge in [0.1, 0.15) is 5.82 Å². The number of allylic oxidation sites excluding steroid dienone is 1. The first-order valence-electron chi connectivity index (χ1n) is 12.8. The minimum absolute atomic E-state index is 0.0254. The number of nitrogens with two attached hydrogens (primary N) is 1. The van der Waals surface area contributed by atoms with Gasteiger partial charge in [-0.05, 0) is 72.9 Å². The minimum atomic E-state index is -3.33. The molecule has 12 heteroatoms. The predicted molar refractivity (Wildman–Crippen MR) is 150 cm³/mol. The van der Waals surface area contributed by atoms with Gasteiger partial charge in [0.25, 0.3) is 0 Å². The molecule has 1 aliphatic carbocycles. The van der Waals surface area contributed by atoms with Crippen LogP contribution >= 0.6 is 0 Å². The van der Waals surface area contributed by atoms with Gasteiger partial charge in [0.2, 0.25) is 21.7 Å². The van der Waals surface area contributed by atoms with Crippen LogP contribution in [-0.4, -0.2) is 41.3 Å². The Hall–Kier alpha value is -4.58. The molecule has 2 aromatic heterocycles. The van der Waals surface area contributed by atoms with E-state index < -0.39 is 27.4 Å². The van der Waals surface area contributed by atoms with Crippen LogP contribution in [0.15, 0.2) is 54.4 Å².